The number of aliphatic imine (C=N–C) groups is 1. The van der Waals surface area contributed by atoms with E-state index in [1.54, 1.807) is 0 Å². The van der Waals surface area contributed by atoms with E-state index < -0.39 is 0 Å². The first-order chi connectivity index (χ1) is 16.9. The highest BCUT2D eigenvalue weighted by molar-refractivity contribution is 7.26. The summed E-state index contributed by atoms with van der Waals surface area (Å²) in [5.41, 5.74) is 4.75. The Balaban J connectivity index is 1.60. The Morgan fingerprint density at radius 2 is 1.65 bits per heavy atom. The third-order valence-corrected chi connectivity index (χ3v) is 8.69. The van der Waals surface area contributed by atoms with E-state index in [0.29, 0.717) is 0 Å². The van der Waals surface area contributed by atoms with Crippen LogP contribution >= 0.6 is 11.3 Å². The largest absolute Gasteiger partial charge is 0.370 e. The fourth-order valence-electron chi connectivity index (χ4n) is 6.07. The summed E-state index contributed by atoms with van der Waals surface area (Å²) in [5, 5.41) is 12.9. The molecule has 0 saturated carbocycles. The maximum atomic E-state index is 5.24. The van der Waals surface area contributed by atoms with E-state index in [1.807, 2.05) is 11.3 Å². The molecule has 0 saturated heterocycles. The molecule has 1 atom stereocenters. The number of allylic oxidation sites excluding steroid dienone is 2. The van der Waals surface area contributed by atoms with Crippen molar-refractivity contribution in [1.29, 1.82) is 0 Å². The van der Waals surface area contributed by atoms with Gasteiger partial charge in [0.2, 0.25) is 0 Å². The fraction of sp³-hybridized carbons (Fsp3) is 0.0333. The SMILES string of the molecule is C1=CC2=Nc3c(c4cc5ccccc5c5c6ccc7c8ccccc8sc7c6n3c45)NC2C=C1. The molecule has 1 unspecified atom stereocenters. The summed E-state index contributed by atoms with van der Waals surface area (Å²) < 4.78 is 5.09. The van der Waals surface area contributed by atoms with Crippen molar-refractivity contribution in [3.63, 3.8) is 0 Å². The zero-order valence-corrected chi connectivity index (χ0v) is 18.9. The second-order valence-electron chi connectivity index (χ2n) is 9.24. The number of thiophene rings is 1. The molecule has 3 nitrogen and oxygen atoms in total. The van der Waals surface area contributed by atoms with Gasteiger partial charge in [0.05, 0.1) is 33.2 Å². The Morgan fingerprint density at radius 1 is 0.794 bits per heavy atom. The predicted octanol–water partition coefficient (Wildman–Crippen LogP) is 8.20. The van der Waals surface area contributed by atoms with E-state index in [4.69, 9.17) is 4.99 Å². The van der Waals surface area contributed by atoms with Crippen LogP contribution in [0.25, 0.3) is 58.1 Å². The Morgan fingerprint density at radius 3 is 2.62 bits per heavy atom. The molecule has 1 aliphatic carbocycles. The van der Waals surface area contributed by atoms with Crippen molar-refractivity contribution in [3.8, 4) is 0 Å². The quantitative estimate of drug-likeness (QED) is 0.247. The fourth-order valence-corrected chi connectivity index (χ4v) is 7.31. The first-order valence-electron chi connectivity index (χ1n) is 11.6. The average Bonchev–Trinajstić information content (AvgIpc) is 3.53. The van der Waals surface area contributed by atoms with E-state index in [2.05, 4.69) is 101 Å². The minimum atomic E-state index is 0.116. The molecule has 0 radical (unpaired) electrons. The van der Waals surface area contributed by atoms with Crippen LogP contribution in [0.1, 0.15) is 0 Å². The van der Waals surface area contributed by atoms with Crippen molar-refractivity contribution in [2.24, 2.45) is 4.99 Å². The van der Waals surface area contributed by atoms with Gasteiger partial charge in [-0.25, -0.2) is 4.99 Å². The first kappa shape index (κ1) is 17.3. The van der Waals surface area contributed by atoms with E-state index in [-0.39, 0.29) is 6.04 Å². The van der Waals surface area contributed by atoms with Crippen molar-refractivity contribution >= 4 is 86.7 Å². The molecule has 0 spiro atoms. The van der Waals surface area contributed by atoms with Crippen molar-refractivity contribution in [2.75, 3.05) is 5.32 Å². The van der Waals surface area contributed by atoms with Crippen LogP contribution in [0.3, 0.4) is 0 Å². The molecular weight excluding hydrogens is 434 g/mol. The lowest BCUT2D eigenvalue weighted by atomic mass is 9.99. The number of nitrogens with one attached hydrogen (secondary N) is 1. The molecule has 4 heteroatoms. The number of rotatable bonds is 0. The van der Waals surface area contributed by atoms with E-state index in [1.165, 1.54) is 58.1 Å². The number of fused-ring (bicyclic) bond motifs is 13. The van der Waals surface area contributed by atoms with Gasteiger partial charge in [-0.3, -0.25) is 4.40 Å². The lowest BCUT2D eigenvalue weighted by Crippen LogP contribution is -2.29. The molecular formula is C30H17N3S. The number of nitrogens with zero attached hydrogens (tertiary/aromatic N) is 2. The van der Waals surface area contributed by atoms with Gasteiger partial charge in [-0.1, -0.05) is 72.8 Å². The molecule has 2 aliphatic rings. The highest BCUT2D eigenvalue weighted by Gasteiger charge is 2.30. The Hall–Kier alpha value is -4.15. The minimum Gasteiger partial charge on any atom is -0.370 e. The number of aromatic nitrogens is 1. The number of anilines is 1. The molecule has 0 amide bonds. The highest BCUT2D eigenvalue weighted by atomic mass is 32.1. The summed E-state index contributed by atoms with van der Waals surface area (Å²) >= 11 is 1.89. The van der Waals surface area contributed by atoms with Crippen LogP contribution in [0.15, 0.2) is 96.0 Å². The summed E-state index contributed by atoms with van der Waals surface area (Å²) in [6.45, 7) is 0. The number of hydrogen-bond donors (Lipinski definition) is 1. The molecule has 4 aromatic carbocycles. The van der Waals surface area contributed by atoms with Crippen LogP contribution in [0.2, 0.25) is 0 Å². The third kappa shape index (κ3) is 1.94. The molecule has 7 aromatic rings. The van der Waals surface area contributed by atoms with Crippen LogP contribution in [0, 0.1) is 0 Å². The number of hydrogen-bond acceptors (Lipinski definition) is 3. The van der Waals surface area contributed by atoms with Crippen LogP contribution in [-0.4, -0.2) is 16.2 Å². The number of benzene rings is 4. The van der Waals surface area contributed by atoms with Crippen LogP contribution in [0.4, 0.5) is 11.5 Å². The molecule has 1 aliphatic heterocycles. The summed E-state index contributed by atoms with van der Waals surface area (Å²) in [5.74, 6) is 1.02. The van der Waals surface area contributed by atoms with Gasteiger partial charge in [0.1, 0.15) is 0 Å². The van der Waals surface area contributed by atoms with E-state index in [9.17, 15) is 0 Å². The molecule has 1 N–H and O–H groups in total. The first-order valence-corrected chi connectivity index (χ1v) is 12.4. The average molecular weight is 452 g/mol. The van der Waals surface area contributed by atoms with Gasteiger partial charge in [-0.2, -0.15) is 0 Å². The second-order valence-corrected chi connectivity index (χ2v) is 10.3. The molecule has 0 fully saturated rings. The van der Waals surface area contributed by atoms with Gasteiger partial charge < -0.3 is 5.32 Å². The summed E-state index contributed by atoms with van der Waals surface area (Å²) in [6, 6.07) is 24.6. The smallest absolute Gasteiger partial charge is 0.162 e. The Bertz CT molecular complexity index is 2100. The predicted molar refractivity (Wildman–Crippen MR) is 147 cm³/mol. The van der Waals surface area contributed by atoms with Crippen LogP contribution in [-0.2, 0) is 0 Å². The second kappa shape index (κ2) is 5.85. The lowest BCUT2D eigenvalue weighted by Gasteiger charge is -2.23. The van der Waals surface area contributed by atoms with Crippen molar-refractivity contribution in [2.45, 2.75) is 6.04 Å². The van der Waals surface area contributed by atoms with Gasteiger partial charge >= 0.3 is 0 Å². The highest BCUT2D eigenvalue weighted by Crippen LogP contribution is 2.51. The van der Waals surface area contributed by atoms with Gasteiger partial charge in [0.25, 0.3) is 0 Å². The molecule has 4 heterocycles. The minimum absolute atomic E-state index is 0.116. The molecule has 0 bridgehead atoms. The normalized spacial score (nSPS) is 17.3. The van der Waals surface area contributed by atoms with Crippen molar-refractivity contribution in [1.82, 2.24) is 4.40 Å². The van der Waals surface area contributed by atoms with Gasteiger partial charge in [-0.05, 0) is 29.0 Å². The molecule has 158 valence electrons. The molecule has 34 heavy (non-hydrogen) atoms. The summed E-state index contributed by atoms with van der Waals surface area (Å²) in [4.78, 5) is 5.24. The van der Waals surface area contributed by atoms with E-state index in [0.717, 1.165) is 17.2 Å². The summed E-state index contributed by atoms with van der Waals surface area (Å²) in [6.07, 6.45) is 8.49. The van der Waals surface area contributed by atoms with Crippen LogP contribution < -0.4 is 5.32 Å². The maximum absolute atomic E-state index is 5.24. The summed E-state index contributed by atoms with van der Waals surface area (Å²) in [7, 11) is 0. The topological polar surface area (TPSA) is 28.8 Å². The standard InChI is InChI=1S/C30H17N3S/c1-2-8-17-16(7-1)15-21-26-30(32-23-11-5-4-10-22(23)31-26)33-27(21)25(17)20-14-13-19-18-9-3-6-12-24(18)34-29(19)28(20)33/h1-15,22,31H. The Labute approximate surface area is 198 Å². The molecule has 9 rings (SSSR count). The van der Waals surface area contributed by atoms with E-state index >= 15 is 0 Å². The van der Waals surface area contributed by atoms with Gasteiger partial charge in [0.15, 0.2) is 5.82 Å². The van der Waals surface area contributed by atoms with Crippen molar-refractivity contribution < 1.29 is 0 Å². The Kier molecular flexibility index (Phi) is 2.98. The molecule has 3 aromatic heterocycles. The lowest BCUT2D eigenvalue weighted by molar-refractivity contribution is 1.11. The van der Waals surface area contributed by atoms with Crippen LogP contribution in [0.5, 0.6) is 0 Å². The van der Waals surface area contributed by atoms with Gasteiger partial charge in [0, 0.05) is 31.6 Å². The third-order valence-electron chi connectivity index (χ3n) is 7.50. The van der Waals surface area contributed by atoms with Gasteiger partial charge in [-0.15, -0.1) is 11.3 Å². The maximum Gasteiger partial charge on any atom is 0.162 e. The monoisotopic (exact) mass is 451 g/mol. The zero-order chi connectivity index (χ0) is 22.0. The van der Waals surface area contributed by atoms with Crippen molar-refractivity contribution in [3.05, 3.63) is 91.0 Å². The zero-order valence-electron chi connectivity index (χ0n) is 18.0.